The van der Waals surface area contributed by atoms with Gasteiger partial charge in [0.15, 0.2) is 12.2 Å². The molecule has 3 N–H and O–H groups in total. The van der Waals surface area contributed by atoms with Crippen molar-refractivity contribution >= 4 is 39.5 Å². The van der Waals surface area contributed by atoms with E-state index in [1.165, 1.54) is 38.5 Å². The van der Waals surface area contributed by atoms with Gasteiger partial charge in [0, 0.05) is 25.7 Å². The third kappa shape index (κ3) is 69.7. The fourth-order valence-electron chi connectivity index (χ4n) is 9.47. The van der Waals surface area contributed by atoms with Crippen LogP contribution < -0.4 is 0 Å². The first-order chi connectivity index (χ1) is 47.7. The van der Waals surface area contributed by atoms with Gasteiger partial charge in [0.1, 0.15) is 19.3 Å². The first-order valence-electron chi connectivity index (χ1n) is 37.4. The Balaban J connectivity index is 5.39. The average Bonchev–Trinajstić information content (AvgIpc) is 1.00. The molecule has 0 aliphatic heterocycles. The molecular weight excluding hydrogens is 1280 g/mol. The Morgan fingerprint density at radius 2 is 0.571 bits per heavy atom. The molecule has 0 aromatic carbocycles. The molecule has 0 aliphatic rings. The molecule has 0 fully saturated rings. The van der Waals surface area contributed by atoms with Crippen molar-refractivity contribution < 1.29 is 80.2 Å². The molecule has 17 nitrogen and oxygen atoms in total. The summed E-state index contributed by atoms with van der Waals surface area (Å²) in [6, 6.07) is 0. The molecular formula is C79H132O17P2. The maximum absolute atomic E-state index is 13.1. The quantitative estimate of drug-likeness (QED) is 0.0169. The number of allylic oxidation sites excluding steroid dienone is 22. The lowest BCUT2D eigenvalue weighted by molar-refractivity contribution is -0.161. The lowest BCUT2D eigenvalue weighted by Crippen LogP contribution is -2.30. The number of hydrogen-bond donors (Lipinski definition) is 3. The lowest BCUT2D eigenvalue weighted by Gasteiger charge is -2.21. The van der Waals surface area contributed by atoms with Crippen LogP contribution in [0.2, 0.25) is 0 Å². The van der Waals surface area contributed by atoms with Crippen LogP contribution in [-0.4, -0.2) is 96.7 Å². The van der Waals surface area contributed by atoms with Crippen molar-refractivity contribution in [2.24, 2.45) is 0 Å². The second kappa shape index (κ2) is 70.6. The highest BCUT2D eigenvalue weighted by Gasteiger charge is 2.30. The van der Waals surface area contributed by atoms with E-state index in [9.17, 15) is 43.2 Å². The van der Waals surface area contributed by atoms with Gasteiger partial charge in [-0.2, -0.15) is 0 Å². The van der Waals surface area contributed by atoms with Gasteiger partial charge >= 0.3 is 39.5 Å². The molecule has 0 spiro atoms. The number of phosphoric acid groups is 2. The second-order valence-electron chi connectivity index (χ2n) is 24.5. The SMILES string of the molecule is CC/C=C\C/C=C\C/C=C\C/C=C\C/C=C\C/C=C\CCC(=O)OCC(COP(=O)(O)OCC(O)COP(=O)(O)OCC(COC(=O)CCCCCCC/C=C\C/C=C\C/C=C\CC)OC(=O)CCCCCCC/C=C\C/C=C\CCC)OC(=O)CCCCCCCCCCCCC. The molecule has 0 aromatic heterocycles. The first kappa shape index (κ1) is 93.2. The topological polar surface area (TPSA) is 237 Å². The van der Waals surface area contributed by atoms with Gasteiger partial charge in [-0.25, -0.2) is 9.13 Å². The number of rotatable bonds is 69. The predicted molar refractivity (Wildman–Crippen MR) is 399 cm³/mol. The van der Waals surface area contributed by atoms with E-state index in [0.717, 1.165) is 161 Å². The molecule has 98 heavy (non-hydrogen) atoms. The zero-order chi connectivity index (χ0) is 71.8. The summed E-state index contributed by atoms with van der Waals surface area (Å²) in [5, 5.41) is 10.6. The van der Waals surface area contributed by atoms with E-state index in [1.807, 2.05) is 18.2 Å². The predicted octanol–water partition coefficient (Wildman–Crippen LogP) is 21.3. The molecule has 19 heteroatoms. The van der Waals surface area contributed by atoms with Crippen LogP contribution in [0.3, 0.4) is 0 Å². The Kier molecular flexibility index (Phi) is 67.2. The highest BCUT2D eigenvalue weighted by Crippen LogP contribution is 2.45. The number of unbranched alkanes of at least 4 members (excludes halogenated alkanes) is 21. The van der Waals surface area contributed by atoms with Gasteiger partial charge in [0.05, 0.1) is 26.4 Å². The van der Waals surface area contributed by atoms with Crippen LogP contribution in [0.25, 0.3) is 0 Å². The van der Waals surface area contributed by atoms with Gasteiger partial charge in [-0.15, -0.1) is 0 Å². The Bertz CT molecular complexity index is 2380. The van der Waals surface area contributed by atoms with E-state index in [0.29, 0.717) is 32.1 Å². The minimum atomic E-state index is -4.99. The number of hydrogen-bond acceptors (Lipinski definition) is 15. The maximum atomic E-state index is 13.1. The van der Waals surface area contributed by atoms with Crippen molar-refractivity contribution in [1.29, 1.82) is 0 Å². The summed E-state index contributed by atoms with van der Waals surface area (Å²) in [4.78, 5) is 72.7. The fourth-order valence-corrected chi connectivity index (χ4v) is 11.1. The summed E-state index contributed by atoms with van der Waals surface area (Å²) < 4.78 is 68.3. The average molecular weight is 1420 g/mol. The summed E-state index contributed by atoms with van der Waals surface area (Å²) in [7, 11) is -9.98. The minimum Gasteiger partial charge on any atom is -0.462 e. The summed E-state index contributed by atoms with van der Waals surface area (Å²) in [5.74, 6) is -2.31. The molecule has 0 saturated heterocycles. The van der Waals surface area contributed by atoms with Crippen LogP contribution >= 0.6 is 15.6 Å². The van der Waals surface area contributed by atoms with Gasteiger partial charge in [-0.05, 0) is 122 Å². The molecule has 0 bridgehead atoms. The van der Waals surface area contributed by atoms with Gasteiger partial charge in [-0.1, -0.05) is 271 Å². The standard InChI is InChI=1S/C79H132O17P2/c1-5-9-13-17-21-25-29-32-34-35-36-37-39-42-45-48-52-56-60-64-77(82)89-69-74(95-78(83)65-61-57-53-49-43-28-24-20-16-12-8-4)71-93-97(85,86)91-67-73(80)68-92-98(87,88)94-72-75(96-79(84)66-62-58-54-50-46-40-31-27-23-19-15-11-7-3)70-90-76(81)63-59-55-51-47-44-41-38-33-30-26-22-18-14-10-6-2/h9-10,13-15,19,21-22,25-27,31-34,36-38,42,45,52,56,73-75,80H,5-8,11-12,16-18,20,23-24,28-30,35,39-41,43-44,46-51,53-55,57-72H2,1-4H3,(H,85,86)(H,87,88)/b13-9-,14-10-,19-15-,25-21-,26-22-,31-27-,34-32-,37-36-,38-33-,45-42-,56-52-. The monoisotopic (exact) mass is 1410 g/mol. The second-order valence-corrected chi connectivity index (χ2v) is 27.4. The molecule has 560 valence electrons. The number of phosphoric ester groups is 2. The zero-order valence-electron chi connectivity index (χ0n) is 60.9. The van der Waals surface area contributed by atoms with Crippen LogP contribution in [0.15, 0.2) is 134 Å². The zero-order valence-corrected chi connectivity index (χ0v) is 62.7. The highest BCUT2D eigenvalue weighted by molar-refractivity contribution is 7.47. The van der Waals surface area contributed by atoms with Crippen LogP contribution in [0.4, 0.5) is 0 Å². The maximum Gasteiger partial charge on any atom is 0.472 e. The Labute approximate surface area is 593 Å². The molecule has 0 amide bonds. The molecule has 5 atom stereocenters. The fraction of sp³-hybridized carbons (Fsp3) is 0.671. The number of carbonyl (C=O) groups is 4. The van der Waals surface area contributed by atoms with Crippen molar-refractivity contribution in [2.45, 2.75) is 303 Å². The lowest BCUT2D eigenvalue weighted by atomic mass is 10.1. The molecule has 0 saturated carbocycles. The summed E-state index contributed by atoms with van der Waals surface area (Å²) in [5.41, 5.74) is 0. The molecule has 0 aliphatic carbocycles. The van der Waals surface area contributed by atoms with Crippen LogP contribution in [0, 0.1) is 0 Å². The Morgan fingerprint density at radius 3 is 0.918 bits per heavy atom. The van der Waals surface area contributed by atoms with Crippen LogP contribution in [-0.2, 0) is 65.4 Å². The normalized spacial score (nSPS) is 14.7. The third-order valence-electron chi connectivity index (χ3n) is 15.1. The molecule has 0 aromatic rings. The highest BCUT2D eigenvalue weighted by atomic mass is 31.2. The Morgan fingerprint density at radius 1 is 0.296 bits per heavy atom. The van der Waals surface area contributed by atoms with E-state index in [-0.39, 0.29) is 25.7 Å². The largest absolute Gasteiger partial charge is 0.472 e. The van der Waals surface area contributed by atoms with Gasteiger partial charge < -0.3 is 33.8 Å². The minimum absolute atomic E-state index is 0.0347. The van der Waals surface area contributed by atoms with Crippen molar-refractivity contribution in [3.8, 4) is 0 Å². The van der Waals surface area contributed by atoms with Gasteiger partial charge in [0.25, 0.3) is 0 Å². The van der Waals surface area contributed by atoms with Crippen molar-refractivity contribution in [3.63, 3.8) is 0 Å². The number of carbonyl (C=O) groups excluding carboxylic acids is 4. The van der Waals surface area contributed by atoms with E-state index in [4.69, 9.17) is 37.0 Å². The van der Waals surface area contributed by atoms with Crippen LogP contribution in [0.5, 0.6) is 0 Å². The third-order valence-corrected chi connectivity index (χ3v) is 17.0. The first-order valence-corrected chi connectivity index (χ1v) is 40.4. The molecule has 0 rings (SSSR count). The van der Waals surface area contributed by atoms with E-state index < -0.39 is 97.5 Å². The van der Waals surface area contributed by atoms with Crippen LogP contribution in [0.1, 0.15) is 285 Å². The van der Waals surface area contributed by atoms with Crippen molar-refractivity contribution in [1.82, 2.24) is 0 Å². The molecule has 0 radical (unpaired) electrons. The number of aliphatic hydroxyl groups excluding tert-OH is 1. The van der Waals surface area contributed by atoms with Crippen molar-refractivity contribution in [2.75, 3.05) is 39.6 Å². The van der Waals surface area contributed by atoms with E-state index in [2.05, 4.69) is 143 Å². The van der Waals surface area contributed by atoms with Gasteiger partial charge in [0.2, 0.25) is 0 Å². The molecule has 0 heterocycles. The number of aliphatic hydroxyl groups is 1. The summed E-state index contributed by atoms with van der Waals surface area (Å²) in [6.07, 6.45) is 77.5. The van der Waals surface area contributed by atoms with E-state index >= 15 is 0 Å². The summed E-state index contributed by atoms with van der Waals surface area (Å²) in [6.45, 7) is 4.44. The van der Waals surface area contributed by atoms with E-state index in [1.54, 1.807) is 0 Å². The van der Waals surface area contributed by atoms with Crippen molar-refractivity contribution in [3.05, 3.63) is 134 Å². The van der Waals surface area contributed by atoms with Gasteiger partial charge in [-0.3, -0.25) is 37.3 Å². The number of esters is 4. The number of ether oxygens (including phenoxy) is 4. The summed E-state index contributed by atoms with van der Waals surface area (Å²) >= 11 is 0. The smallest absolute Gasteiger partial charge is 0.462 e. The molecule has 5 unspecified atom stereocenters. The Hall–Kier alpha value is -4.80.